The molecular weight excluding hydrogens is 442 g/mol. The van der Waals surface area contributed by atoms with E-state index < -0.39 is 0 Å². The molecule has 4 rings (SSSR count). The number of amides is 1. The number of carbonyl (C=O) groups excluding carboxylic acids is 1. The summed E-state index contributed by atoms with van der Waals surface area (Å²) in [6.45, 7) is 8.03. The van der Waals surface area contributed by atoms with Gasteiger partial charge in [0.05, 0.1) is 4.91 Å². The van der Waals surface area contributed by atoms with Gasteiger partial charge in [-0.15, -0.1) is 0 Å². The number of fused-ring (bicyclic) bond motifs is 1. The van der Waals surface area contributed by atoms with E-state index >= 15 is 0 Å². The maximum absolute atomic E-state index is 13.5. The van der Waals surface area contributed by atoms with Crippen molar-refractivity contribution in [3.63, 3.8) is 0 Å². The van der Waals surface area contributed by atoms with Crippen LogP contribution in [0, 0.1) is 13.8 Å². The highest BCUT2D eigenvalue weighted by Gasteiger charge is 2.30. The Morgan fingerprint density at radius 1 is 1.19 bits per heavy atom. The molecule has 0 atom stereocenters. The van der Waals surface area contributed by atoms with E-state index in [9.17, 15) is 9.59 Å². The number of nitrogens with zero attached hydrogens (tertiary/aromatic N) is 3. The lowest BCUT2D eigenvalue weighted by Crippen LogP contribution is -2.23. The molecule has 0 spiro atoms. The summed E-state index contributed by atoms with van der Waals surface area (Å²) in [5.74, 6) is 0.771. The van der Waals surface area contributed by atoms with Gasteiger partial charge in [0.15, 0.2) is 0 Å². The van der Waals surface area contributed by atoms with Gasteiger partial charge in [-0.2, -0.15) is 4.98 Å². The lowest BCUT2D eigenvalue weighted by atomic mass is 10.0. The second-order valence-corrected chi connectivity index (χ2v) is 9.74. The molecule has 1 saturated heterocycles. The highest BCUT2D eigenvalue weighted by molar-refractivity contribution is 8.26. The van der Waals surface area contributed by atoms with Gasteiger partial charge in [-0.3, -0.25) is 18.9 Å². The van der Waals surface area contributed by atoms with Crippen LogP contribution in [0.2, 0.25) is 0 Å². The molecule has 1 amide bonds. The van der Waals surface area contributed by atoms with E-state index in [0.29, 0.717) is 20.6 Å². The predicted octanol–water partition coefficient (Wildman–Crippen LogP) is 5.06. The Bertz CT molecular complexity index is 1360. The number of hydrogen-bond acceptors (Lipinski definition) is 6. The average Bonchev–Trinajstić information content (AvgIpc) is 2.98. The molecule has 0 saturated carbocycles. The van der Waals surface area contributed by atoms with Crippen LogP contribution < -0.4 is 10.3 Å². The Kier molecular flexibility index (Phi) is 5.92. The zero-order valence-electron chi connectivity index (χ0n) is 18.5. The molecule has 0 aliphatic carbocycles. The van der Waals surface area contributed by atoms with Crippen molar-refractivity contribution in [2.45, 2.75) is 33.6 Å². The number of rotatable bonds is 4. The van der Waals surface area contributed by atoms with Crippen LogP contribution in [-0.4, -0.2) is 31.6 Å². The molecule has 0 unspecified atom stereocenters. The van der Waals surface area contributed by atoms with Crippen molar-refractivity contribution < 1.29 is 9.53 Å². The first-order valence-electron chi connectivity index (χ1n) is 10.2. The maximum atomic E-state index is 13.5. The Balaban J connectivity index is 1.96. The smallest absolute Gasteiger partial charge is 0.269 e. The summed E-state index contributed by atoms with van der Waals surface area (Å²) in [5, 5.41) is 0. The third-order valence-corrected chi connectivity index (χ3v) is 6.79. The fourth-order valence-corrected chi connectivity index (χ4v) is 4.64. The highest BCUT2D eigenvalue weighted by atomic mass is 32.2. The van der Waals surface area contributed by atoms with Crippen LogP contribution in [0.25, 0.3) is 11.7 Å². The third kappa shape index (κ3) is 3.96. The largest absolute Gasteiger partial charge is 0.438 e. The number of carbonyl (C=O) groups is 1. The third-order valence-electron chi connectivity index (χ3n) is 5.31. The standard InChI is InChI=1S/C24H23N3O3S2/c1-13(2)16-9-8-14(3)11-18(16)30-21-17(12-19-23(29)26(5)24(31)32-19)22(28)27-10-6-7-15(4)20(27)25-21/h6-13H,1-5H3/b19-12-. The Labute approximate surface area is 195 Å². The molecule has 8 heteroatoms. The minimum Gasteiger partial charge on any atom is -0.438 e. The minimum absolute atomic E-state index is 0.165. The lowest BCUT2D eigenvalue weighted by molar-refractivity contribution is -0.121. The van der Waals surface area contributed by atoms with Gasteiger partial charge in [-0.05, 0) is 54.7 Å². The zero-order chi connectivity index (χ0) is 23.2. The van der Waals surface area contributed by atoms with Gasteiger partial charge < -0.3 is 4.74 Å². The van der Waals surface area contributed by atoms with E-state index in [0.717, 1.165) is 28.5 Å². The zero-order valence-corrected chi connectivity index (χ0v) is 20.1. The van der Waals surface area contributed by atoms with Crippen molar-refractivity contribution >= 4 is 45.9 Å². The van der Waals surface area contributed by atoms with Gasteiger partial charge in [0.2, 0.25) is 5.88 Å². The predicted molar refractivity (Wildman–Crippen MR) is 132 cm³/mol. The summed E-state index contributed by atoms with van der Waals surface area (Å²) in [5.41, 5.74) is 3.28. The van der Waals surface area contributed by atoms with Crippen molar-refractivity contribution in [3.8, 4) is 11.6 Å². The molecule has 164 valence electrons. The highest BCUT2D eigenvalue weighted by Crippen LogP contribution is 2.35. The SMILES string of the molecule is Cc1ccc(C(C)C)c(Oc2nc3c(C)cccn3c(=O)c2/C=C2\SC(=S)N(C)C2=O)c1. The topological polar surface area (TPSA) is 63.9 Å². The van der Waals surface area contributed by atoms with Gasteiger partial charge in [0.1, 0.15) is 21.3 Å². The molecule has 3 heterocycles. The second-order valence-electron chi connectivity index (χ2n) is 8.06. The first kappa shape index (κ1) is 22.2. The molecule has 3 aromatic rings. The van der Waals surface area contributed by atoms with Gasteiger partial charge in [0.25, 0.3) is 11.5 Å². The molecule has 32 heavy (non-hydrogen) atoms. The normalized spacial score (nSPS) is 15.4. The van der Waals surface area contributed by atoms with Crippen LogP contribution in [0.15, 0.2) is 46.2 Å². The number of aryl methyl sites for hydroxylation is 2. The number of benzene rings is 1. The van der Waals surface area contributed by atoms with Crippen LogP contribution in [0.3, 0.4) is 0 Å². The van der Waals surface area contributed by atoms with E-state index in [1.807, 2.05) is 38.1 Å². The quantitative estimate of drug-likeness (QED) is 0.397. The number of hydrogen-bond donors (Lipinski definition) is 0. The number of pyridine rings is 1. The summed E-state index contributed by atoms with van der Waals surface area (Å²) in [6, 6.07) is 9.67. The van der Waals surface area contributed by atoms with E-state index in [4.69, 9.17) is 21.9 Å². The fraction of sp³-hybridized carbons (Fsp3) is 0.250. The van der Waals surface area contributed by atoms with Gasteiger partial charge in [-0.1, -0.05) is 56.0 Å². The minimum atomic E-state index is -0.311. The summed E-state index contributed by atoms with van der Waals surface area (Å²) in [6.07, 6.45) is 3.20. The molecule has 0 N–H and O–H groups in total. The number of aromatic nitrogens is 2. The second kappa shape index (κ2) is 8.52. The van der Waals surface area contributed by atoms with Gasteiger partial charge in [0, 0.05) is 13.2 Å². The van der Waals surface area contributed by atoms with Crippen molar-refractivity contribution in [1.82, 2.24) is 14.3 Å². The number of likely N-dealkylation sites (N-methyl/N-ethyl adjacent to an activating group) is 1. The molecular formula is C24H23N3O3S2. The Hall–Kier alpha value is -2.97. The van der Waals surface area contributed by atoms with E-state index in [1.165, 1.54) is 15.4 Å². The number of thiocarbonyl (C=S) groups is 1. The molecule has 1 aromatic carbocycles. The molecule has 1 fully saturated rings. The molecule has 0 bridgehead atoms. The molecule has 2 aromatic heterocycles. The number of thioether (sulfide) groups is 1. The van der Waals surface area contributed by atoms with Gasteiger partial charge in [-0.25, -0.2) is 0 Å². The summed E-state index contributed by atoms with van der Waals surface area (Å²) >= 11 is 6.39. The molecule has 6 nitrogen and oxygen atoms in total. The maximum Gasteiger partial charge on any atom is 0.269 e. The van der Waals surface area contributed by atoms with Crippen LogP contribution in [0.5, 0.6) is 11.6 Å². The summed E-state index contributed by atoms with van der Waals surface area (Å²) in [4.78, 5) is 32.5. The Morgan fingerprint density at radius 2 is 1.94 bits per heavy atom. The fourth-order valence-electron chi connectivity index (χ4n) is 3.48. The summed E-state index contributed by atoms with van der Waals surface area (Å²) < 4.78 is 8.20. The monoisotopic (exact) mass is 465 g/mol. The van der Waals surface area contributed by atoms with E-state index in [1.54, 1.807) is 19.3 Å². The van der Waals surface area contributed by atoms with Crippen LogP contribution >= 0.6 is 24.0 Å². The first-order chi connectivity index (χ1) is 15.2. The van der Waals surface area contributed by atoms with E-state index in [-0.39, 0.29) is 28.8 Å². The van der Waals surface area contributed by atoms with Crippen molar-refractivity contribution in [2.24, 2.45) is 0 Å². The molecule has 1 aliphatic heterocycles. The van der Waals surface area contributed by atoms with Gasteiger partial charge >= 0.3 is 0 Å². The lowest BCUT2D eigenvalue weighted by Gasteiger charge is -2.16. The molecule has 1 aliphatic rings. The van der Waals surface area contributed by atoms with Crippen molar-refractivity contribution in [1.29, 1.82) is 0 Å². The van der Waals surface area contributed by atoms with Crippen LogP contribution in [-0.2, 0) is 4.79 Å². The molecule has 0 radical (unpaired) electrons. The number of ether oxygens (including phenoxy) is 1. The van der Waals surface area contributed by atoms with Crippen molar-refractivity contribution in [2.75, 3.05) is 7.05 Å². The Morgan fingerprint density at radius 3 is 2.59 bits per heavy atom. The average molecular weight is 466 g/mol. The first-order valence-corrected chi connectivity index (χ1v) is 11.4. The van der Waals surface area contributed by atoms with E-state index in [2.05, 4.69) is 13.8 Å². The van der Waals surface area contributed by atoms with Crippen molar-refractivity contribution in [3.05, 3.63) is 74.0 Å². The summed E-state index contributed by atoms with van der Waals surface area (Å²) in [7, 11) is 1.62. The van der Waals surface area contributed by atoms with Crippen LogP contribution in [0.1, 0.15) is 42.0 Å². The van der Waals surface area contributed by atoms with Crippen LogP contribution in [0.4, 0.5) is 0 Å².